The van der Waals surface area contributed by atoms with Crippen LogP contribution < -0.4 is 5.32 Å². The van der Waals surface area contributed by atoms with E-state index in [9.17, 15) is 13.2 Å². The number of amides is 1. The van der Waals surface area contributed by atoms with E-state index < -0.39 is 15.9 Å². The Morgan fingerprint density at radius 3 is 2.64 bits per heavy atom. The van der Waals surface area contributed by atoms with Gasteiger partial charge in [-0.2, -0.15) is 4.31 Å². The van der Waals surface area contributed by atoms with E-state index in [-0.39, 0.29) is 17.3 Å². The fourth-order valence-electron chi connectivity index (χ4n) is 2.80. The molecule has 1 aromatic heterocycles. The number of benzene rings is 1. The lowest BCUT2D eigenvalue weighted by atomic mass is 9.99. The summed E-state index contributed by atoms with van der Waals surface area (Å²) < 4.78 is 26.9. The van der Waals surface area contributed by atoms with Crippen molar-refractivity contribution in [2.45, 2.75) is 17.7 Å². The number of piperidine rings is 1. The Morgan fingerprint density at radius 2 is 1.96 bits per heavy atom. The van der Waals surface area contributed by atoms with Crippen molar-refractivity contribution < 1.29 is 13.2 Å². The Kier molecular flexibility index (Phi) is 5.36. The zero-order valence-electron chi connectivity index (χ0n) is 13.4. The second-order valence-corrected chi connectivity index (χ2v) is 8.23. The van der Waals surface area contributed by atoms with Gasteiger partial charge >= 0.3 is 0 Å². The Bertz CT molecular complexity index is 841. The maximum atomic E-state index is 12.8. The molecule has 1 aromatic carbocycles. The van der Waals surface area contributed by atoms with Crippen molar-refractivity contribution in [2.24, 2.45) is 5.92 Å². The van der Waals surface area contributed by atoms with Gasteiger partial charge < -0.3 is 5.32 Å². The molecule has 6 nitrogen and oxygen atoms in total. The van der Waals surface area contributed by atoms with Gasteiger partial charge in [0.2, 0.25) is 15.9 Å². The molecule has 0 bridgehead atoms. The van der Waals surface area contributed by atoms with Gasteiger partial charge in [-0.1, -0.05) is 17.7 Å². The number of carbonyl (C=O) groups is 1. The highest BCUT2D eigenvalue weighted by atomic mass is 35.5. The third-order valence-electron chi connectivity index (χ3n) is 4.12. The number of pyridine rings is 1. The minimum absolute atomic E-state index is 0.156. The van der Waals surface area contributed by atoms with E-state index in [2.05, 4.69) is 10.3 Å². The molecule has 2 aromatic rings. The Labute approximate surface area is 151 Å². The van der Waals surface area contributed by atoms with Gasteiger partial charge in [-0.15, -0.1) is 0 Å². The molecule has 1 N–H and O–H groups in total. The van der Waals surface area contributed by atoms with Crippen molar-refractivity contribution in [1.82, 2.24) is 9.29 Å². The Hall–Kier alpha value is -1.96. The van der Waals surface area contributed by atoms with Crippen LogP contribution in [0, 0.1) is 5.92 Å². The van der Waals surface area contributed by atoms with Gasteiger partial charge in [0, 0.05) is 24.3 Å². The number of aromatic nitrogens is 1. The molecule has 0 spiro atoms. The molecule has 1 amide bonds. The number of anilines is 1. The molecule has 25 heavy (non-hydrogen) atoms. The number of nitrogens with zero attached hydrogens (tertiary/aromatic N) is 2. The summed E-state index contributed by atoms with van der Waals surface area (Å²) >= 11 is 5.82. The van der Waals surface area contributed by atoms with Crippen LogP contribution in [0.15, 0.2) is 53.6 Å². The van der Waals surface area contributed by atoms with Crippen molar-refractivity contribution in [3.05, 3.63) is 53.7 Å². The van der Waals surface area contributed by atoms with Crippen molar-refractivity contribution in [2.75, 3.05) is 18.4 Å². The fourth-order valence-corrected chi connectivity index (χ4v) is 4.45. The van der Waals surface area contributed by atoms with Crippen LogP contribution in [0.1, 0.15) is 12.8 Å². The zero-order chi connectivity index (χ0) is 17.9. The normalized spacial score (nSPS) is 18.7. The summed E-state index contributed by atoms with van der Waals surface area (Å²) in [4.78, 5) is 16.7. The van der Waals surface area contributed by atoms with E-state index in [4.69, 9.17) is 11.6 Å². The largest absolute Gasteiger partial charge is 0.310 e. The van der Waals surface area contributed by atoms with E-state index in [0.717, 1.165) is 0 Å². The number of halogens is 1. The topological polar surface area (TPSA) is 79.4 Å². The fraction of sp³-hybridized carbons (Fsp3) is 0.294. The van der Waals surface area contributed by atoms with Gasteiger partial charge in [0.15, 0.2) is 0 Å². The summed E-state index contributed by atoms with van der Waals surface area (Å²) in [5.74, 6) is -0.155. The summed E-state index contributed by atoms with van der Waals surface area (Å²) in [5.41, 5.74) is 0. The van der Waals surface area contributed by atoms with E-state index in [1.54, 1.807) is 36.5 Å². The molecular weight excluding hydrogens is 362 g/mol. The van der Waals surface area contributed by atoms with Crippen LogP contribution >= 0.6 is 11.6 Å². The lowest BCUT2D eigenvalue weighted by molar-refractivity contribution is -0.120. The standard InChI is InChI=1S/C17H18ClN3O3S/c18-14-6-8-15(9-7-14)25(23,24)21-11-3-4-13(12-21)17(22)20-16-5-1-2-10-19-16/h1-2,5-10,13H,3-4,11-12H2,(H,19,20,22)/t13-/m0/s1. The van der Waals surface area contributed by atoms with Gasteiger partial charge in [0.1, 0.15) is 5.82 Å². The summed E-state index contributed by atoms with van der Waals surface area (Å²) in [6, 6.07) is 11.3. The molecule has 8 heteroatoms. The first-order chi connectivity index (χ1) is 12.0. The average molecular weight is 380 g/mol. The molecule has 0 saturated carbocycles. The minimum Gasteiger partial charge on any atom is -0.310 e. The maximum Gasteiger partial charge on any atom is 0.243 e. The first-order valence-electron chi connectivity index (χ1n) is 7.94. The number of sulfonamides is 1. The summed E-state index contributed by atoms with van der Waals surface area (Å²) in [6.07, 6.45) is 2.87. The van der Waals surface area contributed by atoms with Crippen molar-refractivity contribution in [3.8, 4) is 0 Å². The second kappa shape index (κ2) is 7.51. The lowest BCUT2D eigenvalue weighted by Crippen LogP contribution is -2.43. The van der Waals surface area contributed by atoms with Gasteiger partial charge in [0.25, 0.3) is 0 Å². The molecule has 2 heterocycles. The SMILES string of the molecule is O=C(Nc1ccccn1)[C@H]1CCCN(S(=O)(=O)c2ccc(Cl)cc2)C1. The summed E-state index contributed by atoms with van der Waals surface area (Å²) in [6.45, 7) is 0.557. The lowest BCUT2D eigenvalue weighted by Gasteiger charge is -2.31. The highest BCUT2D eigenvalue weighted by molar-refractivity contribution is 7.89. The number of hydrogen-bond donors (Lipinski definition) is 1. The first-order valence-corrected chi connectivity index (χ1v) is 9.76. The van der Waals surface area contributed by atoms with E-state index >= 15 is 0 Å². The van der Waals surface area contributed by atoms with Crippen LogP contribution in [-0.2, 0) is 14.8 Å². The van der Waals surface area contributed by atoms with E-state index in [1.807, 2.05) is 0 Å². The molecule has 1 aliphatic heterocycles. The van der Waals surface area contributed by atoms with Crippen LogP contribution in [0.5, 0.6) is 0 Å². The van der Waals surface area contributed by atoms with E-state index in [1.165, 1.54) is 16.4 Å². The molecule has 1 saturated heterocycles. The maximum absolute atomic E-state index is 12.8. The monoisotopic (exact) mass is 379 g/mol. The molecule has 1 atom stereocenters. The number of carbonyl (C=O) groups excluding carboxylic acids is 1. The van der Waals surface area contributed by atoms with Gasteiger partial charge in [-0.3, -0.25) is 4.79 Å². The predicted molar refractivity (Wildman–Crippen MR) is 95.8 cm³/mol. The highest BCUT2D eigenvalue weighted by Gasteiger charge is 2.33. The molecular formula is C17H18ClN3O3S. The zero-order valence-corrected chi connectivity index (χ0v) is 15.0. The van der Waals surface area contributed by atoms with Crippen molar-refractivity contribution in [3.63, 3.8) is 0 Å². The van der Waals surface area contributed by atoms with Crippen LogP contribution in [0.2, 0.25) is 5.02 Å². The summed E-state index contributed by atoms with van der Waals surface area (Å²) in [7, 11) is -3.64. The molecule has 1 fully saturated rings. The highest BCUT2D eigenvalue weighted by Crippen LogP contribution is 2.25. The Balaban J connectivity index is 1.72. The van der Waals surface area contributed by atoms with Crippen LogP contribution in [-0.4, -0.2) is 36.7 Å². The number of rotatable bonds is 4. The molecule has 0 unspecified atom stereocenters. The number of nitrogens with one attached hydrogen (secondary N) is 1. The molecule has 3 rings (SSSR count). The van der Waals surface area contributed by atoms with Crippen LogP contribution in [0.25, 0.3) is 0 Å². The van der Waals surface area contributed by atoms with Crippen LogP contribution in [0.4, 0.5) is 5.82 Å². The van der Waals surface area contributed by atoms with E-state index in [0.29, 0.717) is 30.2 Å². The predicted octanol–water partition coefficient (Wildman–Crippen LogP) is 2.77. The Morgan fingerprint density at radius 1 is 1.20 bits per heavy atom. The third-order valence-corrected chi connectivity index (χ3v) is 6.25. The average Bonchev–Trinajstić information content (AvgIpc) is 2.63. The molecule has 0 radical (unpaired) electrons. The molecule has 132 valence electrons. The molecule has 0 aliphatic carbocycles. The number of hydrogen-bond acceptors (Lipinski definition) is 4. The van der Waals surface area contributed by atoms with Crippen molar-refractivity contribution >= 4 is 33.3 Å². The van der Waals surface area contributed by atoms with Gasteiger partial charge in [0.05, 0.1) is 10.8 Å². The van der Waals surface area contributed by atoms with Crippen LogP contribution in [0.3, 0.4) is 0 Å². The molecule has 1 aliphatic rings. The first kappa shape index (κ1) is 17.8. The third kappa shape index (κ3) is 4.18. The van der Waals surface area contributed by atoms with Crippen molar-refractivity contribution in [1.29, 1.82) is 0 Å². The quantitative estimate of drug-likeness (QED) is 0.885. The smallest absolute Gasteiger partial charge is 0.243 e. The second-order valence-electron chi connectivity index (χ2n) is 5.86. The summed E-state index contributed by atoms with van der Waals surface area (Å²) in [5, 5.41) is 3.22. The van der Waals surface area contributed by atoms with Gasteiger partial charge in [-0.05, 0) is 49.2 Å². The minimum atomic E-state index is -3.64. The van der Waals surface area contributed by atoms with Gasteiger partial charge in [-0.25, -0.2) is 13.4 Å².